The van der Waals surface area contributed by atoms with Gasteiger partial charge in [0.25, 0.3) is 0 Å². The standard InChI is InChI=1S/C14H24N2O2/c1-11(10-15)9-14(5,6)7-8-16-12(17)18-13(2,3)4/h9H,7-8H2,1-6H3,(H,16,17)/b11-9+. The Morgan fingerprint density at radius 3 is 2.33 bits per heavy atom. The van der Waals surface area contributed by atoms with E-state index in [1.807, 2.05) is 40.7 Å². The zero-order valence-electron chi connectivity index (χ0n) is 12.3. The Morgan fingerprint density at radius 1 is 1.33 bits per heavy atom. The third kappa shape index (κ3) is 8.63. The van der Waals surface area contributed by atoms with E-state index in [1.165, 1.54) is 0 Å². The number of allylic oxidation sites excluding steroid dienone is 2. The van der Waals surface area contributed by atoms with Gasteiger partial charge in [0.15, 0.2) is 0 Å². The van der Waals surface area contributed by atoms with E-state index in [-0.39, 0.29) is 5.41 Å². The Hall–Kier alpha value is -1.50. The normalized spacial score (nSPS) is 12.8. The molecule has 0 saturated carbocycles. The van der Waals surface area contributed by atoms with Crippen LogP contribution in [0.1, 0.15) is 48.0 Å². The summed E-state index contributed by atoms with van der Waals surface area (Å²) in [4.78, 5) is 11.4. The lowest BCUT2D eigenvalue weighted by atomic mass is 9.87. The van der Waals surface area contributed by atoms with Gasteiger partial charge in [0.05, 0.1) is 6.07 Å². The molecule has 0 heterocycles. The molecule has 0 fully saturated rings. The number of nitrogens with zero attached hydrogens (tertiary/aromatic N) is 1. The minimum atomic E-state index is -0.475. The van der Waals surface area contributed by atoms with E-state index in [0.29, 0.717) is 12.1 Å². The molecule has 18 heavy (non-hydrogen) atoms. The average molecular weight is 252 g/mol. The van der Waals surface area contributed by atoms with Crippen LogP contribution in [0.5, 0.6) is 0 Å². The quantitative estimate of drug-likeness (QED) is 0.780. The van der Waals surface area contributed by atoms with E-state index >= 15 is 0 Å². The van der Waals surface area contributed by atoms with Gasteiger partial charge in [-0.25, -0.2) is 4.79 Å². The van der Waals surface area contributed by atoms with Crippen molar-refractivity contribution in [1.82, 2.24) is 5.32 Å². The van der Waals surface area contributed by atoms with Crippen LogP contribution in [0.3, 0.4) is 0 Å². The number of nitrogens with one attached hydrogen (secondary N) is 1. The molecule has 0 unspecified atom stereocenters. The van der Waals surface area contributed by atoms with E-state index in [0.717, 1.165) is 6.42 Å². The van der Waals surface area contributed by atoms with Gasteiger partial charge in [-0.05, 0) is 39.5 Å². The van der Waals surface area contributed by atoms with Crippen LogP contribution in [-0.2, 0) is 4.74 Å². The molecule has 0 aromatic heterocycles. The second-order valence-corrected chi connectivity index (χ2v) is 6.11. The van der Waals surface area contributed by atoms with E-state index < -0.39 is 11.7 Å². The van der Waals surface area contributed by atoms with E-state index in [2.05, 4.69) is 11.4 Å². The van der Waals surface area contributed by atoms with Gasteiger partial charge in [0, 0.05) is 12.1 Å². The van der Waals surface area contributed by atoms with Gasteiger partial charge in [-0.2, -0.15) is 5.26 Å². The van der Waals surface area contributed by atoms with E-state index in [1.54, 1.807) is 6.92 Å². The maximum atomic E-state index is 11.4. The lowest BCUT2D eigenvalue weighted by Crippen LogP contribution is -2.34. The number of hydrogen-bond donors (Lipinski definition) is 1. The van der Waals surface area contributed by atoms with Crippen molar-refractivity contribution in [2.45, 2.75) is 53.6 Å². The largest absolute Gasteiger partial charge is 0.444 e. The topological polar surface area (TPSA) is 62.1 Å². The molecule has 0 saturated heterocycles. The molecule has 0 aliphatic rings. The van der Waals surface area contributed by atoms with Crippen LogP contribution >= 0.6 is 0 Å². The third-order valence-corrected chi connectivity index (χ3v) is 2.22. The first kappa shape index (κ1) is 16.5. The molecule has 0 bridgehead atoms. The van der Waals surface area contributed by atoms with Crippen LogP contribution < -0.4 is 5.32 Å². The smallest absolute Gasteiger partial charge is 0.407 e. The van der Waals surface area contributed by atoms with Gasteiger partial charge in [-0.15, -0.1) is 0 Å². The molecule has 0 radical (unpaired) electrons. The molecule has 0 atom stereocenters. The van der Waals surface area contributed by atoms with Crippen LogP contribution in [0.4, 0.5) is 4.79 Å². The molecule has 0 aliphatic heterocycles. The first-order chi connectivity index (χ1) is 8.06. The fraction of sp³-hybridized carbons (Fsp3) is 0.714. The van der Waals surface area contributed by atoms with Gasteiger partial charge < -0.3 is 10.1 Å². The minimum Gasteiger partial charge on any atom is -0.444 e. The van der Waals surface area contributed by atoms with E-state index in [4.69, 9.17) is 10.00 Å². The van der Waals surface area contributed by atoms with Crippen molar-refractivity contribution in [1.29, 1.82) is 5.26 Å². The SMILES string of the molecule is C/C(C#N)=C\C(C)(C)CCNC(=O)OC(C)(C)C. The van der Waals surface area contributed by atoms with Gasteiger partial charge in [-0.3, -0.25) is 0 Å². The number of amides is 1. The minimum absolute atomic E-state index is 0.116. The average Bonchev–Trinajstić information content (AvgIpc) is 2.13. The summed E-state index contributed by atoms with van der Waals surface area (Å²) in [6, 6.07) is 2.10. The Labute approximate surface area is 110 Å². The summed E-state index contributed by atoms with van der Waals surface area (Å²) in [5, 5.41) is 11.4. The van der Waals surface area contributed by atoms with Gasteiger partial charge in [-0.1, -0.05) is 19.9 Å². The molecule has 0 rings (SSSR count). The number of ether oxygens (including phenoxy) is 1. The second-order valence-electron chi connectivity index (χ2n) is 6.11. The highest BCUT2D eigenvalue weighted by Gasteiger charge is 2.18. The van der Waals surface area contributed by atoms with Crippen molar-refractivity contribution in [2.24, 2.45) is 5.41 Å². The maximum absolute atomic E-state index is 11.4. The molecule has 0 spiro atoms. The summed E-state index contributed by atoms with van der Waals surface area (Å²) in [5.74, 6) is 0. The predicted octanol–water partition coefficient (Wildman–Crippen LogP) is 3.40. The third-order valence-electron chi connectivity index (χ3n) is 2.22. The summed E-state index contributed by atoms with van der Waals surface area (Å²) in [6.45, 7) is 11.9. The summed E-state index contributed by atoms with van der Waals surface area (Å²) >= 11 is 0. The first-order valence-corrected chi connectivity index (χ1v) is 6.12. The highest BCUT2D eigenvalue weighted by Crippen LogP contribution is 2.23. The number of alkyl carbamates (subject to hydrolysis) is 1. The molecular formula is C14H24N2O2. The molecule has 0 aromatic rings. The van der Waals surface area contributed by atoms with Gasteiger partial charge >= 0.3 is 6.09 Å². The van der Waals surface area contributed by atoms with Crippen LogP contribution in [0, 0.1) is 16.7 Å². The zero-order valence-corrected chi connectivity index (χ0v) is 12.3. The van der Waals surface area contributed by atoms with Crippen molar-refractivity contribution in [3.63, 3.8) is 0 Å². The van der Waals surface area contributed by atoms with Crippen LogP contribution in [0.2, 0.25) is 0 Å². The number of carbonyl (C=O) groups excluding carboxylic acids is 1. The van der Waals surface area contributed by atoms with Crippen molar-refractivity contribution >= 4 is 6.09 Å². The van der Waals surface area contributed by atoms with Crippen LogP contribution in [0.25, 0.3) is 0 Å². The van der Waals surface area contributed by atoms with Gasteiger partial charge in [0.1, 0.15) is 5.60 Å². The number of rotatable bonds is 4. The molecule has 0 aliphatic carbocycles. The summed E-state index contributed by atoms with van der Waals surface area (Å²) < 4.78 is 5.14. The molecule has 0 aromatic carbocycles. The maximum Gasteiger partial charge on any atom is 0.407 e. The second kappa shape index (κ2) is 6.44. The number of nitriles is 1. The number of carbonyl (C=O) groups is 1. The van der Waals surface area contributed by atoms with Crippen molar-refractivity contribution in [3.05, 3.63) is 11.6 Å². The van der Waals surface area contributed by atoms with Crippen molar-refractivity contribution < 1.29 is 9.53 Å². The van der Waals surface area contributed by atoms with Gasteiger partial charge in [0.2, 0.25) is 0 Å². The molecule has 4 heteroatoms. The highest BCUT2D eigenvalue weighted by molar-refractivity contribution is 5.67. The Kier molecular flexibility index (Phi) is 5.90. The number of hydrogen-bond acceptors (Lipinski definition) is 3. The molecular weight excluding hydrogens is 228 g/mol. The molecule has 4 nitrogen and oxygen atoms in total. The van der Waals surface area contributed by atoms with Crippen molar-refractivity contribution in [3.8, 4) is 6.07 Å². The highest BCUT2D eigenvalue weighted by atomic mass is 16.6. The Balaban J connectivity index is 4.13. The van der Waals surface area contributed by atoms with Crippen molar-refractivity contribution in [2.75, 3.05) is 6.54 Å². The first-order valence-electron chi connectivity index (χ1n) is 6.12. The monoisotopic (exact) mass is 252 g/mol. The van der Waals surface area contributed by atoms with E-state index in [9.17, 15) is 4.79 Å². The fourth-order valence-corrected chi connectivity index (χ4v) is 1.49. The summed E-state index contributed by atoms with van der Waals surface area (Å²) in [6.07, 6.45) is 2.27. The van der Waals surface area contributed by atoms with Crippen LogP contribution in [0.15, 0.2) is 11.6 Å². The fourth-order valence-electron chi connectivity index (χ4n) is 1.49. The molecule has 1 amide bonds. The molecule has 1 N–H and O–H groups in total. The lowest BCUT2D eigenvalue weighted by Gasteiger charge is -2.22. The Bertz CT molecular complexity index is 357. The lowest BCUT2D eigenvalue weighted by molar-refractivity contribution is 0.0524. The zero-order chi connectivity index (χ0) is 14.4. The summed E-state index contributed by atoms with van der Waals surface area (Å²) in [5.41, 5.74) is 0.100. The molecule has 102 valence electrons. The van der Waals surface area contributed by atoms with Crippen LogP contribution in [-0.4, -0.2) is 18.2 Å². The Morgan fingerprint density at radius 2 is 1.89 bits per heavy atom. The predicted molar refractivity (Wildman–Crippen MR) is 72.0 cm³/mol. The summed E-state index contributed by atoms with van der Waals surface area (Å²) in [7, 11) is 0.